The molecular weight excluding hydrogens is 220 g/mol. The van der Waals surface area contributed by atoms with Crippen LogP contribution in [-0.4, -0.2) is 7.11 Å². The standard InChI is InChI=1S/C14H13ClO/c1-10-4-3-5-11(8-10)12-6-7-14(16-2)13(15)9-12/h3-9H,1-2H3. The first kappa shape index (κ1) is 11.0. The van der Waals surface area contributed by atoms with Crippen molar-refractivity contribution in [3.8, 4) is 16.9 Å². The second-order valence-electron chi connectivity index (χ2n) is 3.72. The molecule has 0 N–H and O–H groups in total. The molecule has 0 aliphatic carbocycles. The Morgan fingerprint density at radius 3 is 2.38 bits per heavy atom. The summed E-state index contributed by atoms with van der Waals surface area (Å²) in [5, 5.41) is 0.640. The van der Waals surface area contributed by atoms with E-state index in [2.05, 4.69) is 25.1 Å². The van der Waals surface area contributed by atoms with E-state index in [1.165, 1.54) is 11.1 Å². The van der Waals surface area contributed by atoms with Gasteiger partial charge in [-0.25, -0.2) is 0 Å². The average Bonchev–Trinajstić information content (AvgIpc) is 2.29. The molecule has 82 valence electrons. The van der Waals surface area contributed by atoms with Crippen LogP contribution in [0.5, 0.6) is 5.75 Å². The van der Waals surface area contributed by atoms with Gasteiger partial charge in [0.05, 0.1) is 12.1 Å². The lowest BCUT2D eigenvalue weighted by atomic mass is 10.0. The summed E-state index contributed by atoms with van der Waals surface area (Å²) in [4.78, 5) is 0. The van der Waals surface area contributed by atoms with Crippen LogP contribution in [0.3, 0.4) is 0 Å². The number of rotatable bonds is 2. The van der Waals surface area contributed by atoms with Crippen molar-refractivity contribution >= 4 is 11.6 Å². The third kappa shape index (κ3) is 2.20. The van der Waals surface area contributed by atoms with Gasteiger partial charge in [0.15, 0.2) is 0 Å². The van der Waals surface area contributed by atoms with Crippen LogP contribution in [0.4, 0.5) is 0 Å². The zero-order valence-corrected chi connectivity index (χ0v) is 10.1. The van der Waals surface area contributed by atoms with Gasteiger partial charge in [-0.2, -0.15) is 0 Å². The van der Waals surface area contributed by atoms with E-state index in [-0.39, 0.29) is 0 Å². The van der Waals surface area contributed by atoms with E-state index in [9.17, 15) is 0 Å². The molecule has 0 amide bonds. The maximum atomic E-state index is 6.09. The Morgan fingerprint density at radius 2 is 1.75 bits per heavy atom. The van der Waals surface area contributed by atoms with Crippen LogP contribution in [0.25, 0.3) is 11.1 Å². The van der Waals surface area contributed by atoms with Gasteiger partial charge in [-0.15, -0.1) is 0 Å². The first-order valence-corrected chi connectivity index (χ1v) is 5.49. The molecule has 0 aliphatic heterocycles. The molecule has 0 spiro atoms. The lowest BCUT2D eigenvalue weighted by Crippen LogP contribution is -1.85. The highest BCUT2D eigenvalue weighted by Crippen LogP contribution is 2.30. The van der Waals surface area contributed by atoms with Crippen LogP contribution in [0.15, 0.2) is 42.5 Å². The van der Waals surface area contributed by atoms with Gasteiger partial charge in [0.1, 0.15) is 5.75 Å². The minimum absolute atomic E-state index is 0.640. The molecule has 2 heteroatoms. The molecule has 0 bridgehead atoms. The van der Waals surface area contributed by atoms with Gasteiger partial charge >= 0.3 is 0 Å². The predicted molar refractivity (Wildman–Crippen MR) is 68.2 cm³/mol. The number of ether oxygens (including phenoxy) is 1. The molecule has 16 heavy (non-hydrogen) atoms. The number of benzene rings is 2. The quantitative estimate of drug-likeness (QED) is 0.749. The molecule has 0 atom stereocenters. The second-order valence-corrected chi connectivity index (χ2v) is 4.13. The van der Waals surface area contributed by atoms with Crippen LogP contribution in [0.1, 0.15) is 5.56 Å². The Morgan fingerprint density at radius 1 is 1.00 bits per heavy atom. The van der Waals surface area contributed by atoms with E-state index in [0.717, 1.165) is 5.56 Å². The number of aryl methyl sites for hydroxylation is 1. The Bertz CT molecular complexity index is 506. The van der Waals surface area contributed by atoms with Crippen LogP contribution < -0.4 is 4.74 Å². The van der Waals surface area contributed by atoms with E-state index in [4.69, 9.17) is 16.3 Å². The van der Waals surface area contributed by atoms with Gasteiger partial charge in [-0.1, -0.05) is 47.5 Å². The highest BCUT2D eigenvalue weighted by atomic mass is 35.5. The van der Waals surface area contributed by atoms with Gasteiger partial charge in [0.2, 0.25) is 0 Å². The lowest BCUT2D eigenvalue weighted by molar-refractivity contribution is 0.415. The van der Waals surface area contributed by atoms with Gasteiger partial charge < -0.3 is 4.74 Å². The predicted octanol–water partition coefficient (Wildman–Crippen LogP) is 4.32. The second kappa shape index (κ2) is 4.58. The van der Waals surface area contributed by atoms with Crippen molar-refractivity contribution in [2.24, 2.45) is 0 Å². The Balaban J connectivity index is 2.45. The third-order valence-electron chi connectivity index (χ3n) is 2.50. The van der Waals surface area contributed by atoms with Gasteiger partial charge in [-0.05, 0) is 30.2 Å². The van der Waals surface area contributed by atoms with Gasteiger partial charge in [0.25, 0.3) is 0 Å². The third-order valence-corrected chi connectivity index (χ3v) is 2.80. The van der Waals surface area contributed by atoms with E-state index in [1.54, 1.807) is 7.11 Å². The SMILES string of the molecule is COc1ccc(-c2cccc(C)c2)cc1Cl. The van der Waals surface area contributed by atoms with Crippen molar-refractivity contribution in [1.29, 1.82) is 0 Å². The normalized spacial score (nSPS) is 10.2. The van der Waals surface area contributed by atoms with Crippen LogP contribution in [0, 0.1) is 6.92 Å². The van der Waals surface area contributed by atoms with E-state index in [1.807, 2.05) is 24.3 Å². The number of hydrogen-bond donors (Lipinski definition) is 0. The fraction of sp³-hybridized carbons (Fsp3) is 0.143. The molecule has 0 heterocycles. The van der Waals surface area contributed by atoms with Gasteiger partial charge in [-0.3, -0.25) is 0 Å². The minimum atomic E-state index is 0.640. The van der Waals surface area contributed by atoms with E-state index < -0.39 is 0 Å². The molecule has 0 radical (unpaired) electrons. The summed E-state index contributed by atoms with van der Waals surface area (Å²) in [6, 6.07) is 14.2. The summed E-state index contributed by atoms with van der Waals surface area (Å²) in [6.07, 6.45) is 0. The zero-order valence-electron chi connectivity index (χ0n) is 9.33. The monoisotopic (exact) mass is 232 g/mol. The number of hydrogen-bond acceptors (Lipinski definition) is 1. The topological polar surface area (TPSA) is 9.23 Å². The summed E-state index contributed by atoms with van der Waals surface area (Å²) in [5.74, 6) is 0.707. The van der Waals surface area contributed by atoms with Crippen molar-refractivity contribution in [2.45, 2.75) is 6.92 Å². The Hall–Kier alpha value is -1.47. The molecule has 2 aromatic carbocycles. The molecule has 2 rings (SSSR count). The first-order valence-electron chi connectivity index (χ1n) is 5.11. The molecule has 0 saturated carbocycles. The van der Waals surface area contributed by atoms with Gasteiger partial charge in [0, 0.05) is 0 Å². The van der Waals surface area contributed by atoms with Crippen molar-refractivity contribution in [3.63, 3.8) is 0 Å². The molecule has 0 unspecified atom stereocenters. The molecule has 0 saturated heterocycles. The Kier molecular flexibility index (Phi) is 3.16. The fourth-order valence-corrected chi connectivity index (χ4v) is 1.93. The first-order chi connectivity index (χ1) is 7.70. The highest BCUT2D eigenvalue weighted by molar-refractivity contribution is 6.32. The maximum absolute atomic E-state index is 6.09. The van der Waals surface area contributed by atoms with E-state index >= 15 is 0 Å². The van der Waals surface area contributed by atoms with Crippen molar-refractivity contribution in [2.75, 3.05) is 7.11 Å². The Labute approximate surface area is 101 Å². The smallest absolute Gasteiger partial charge is 0.137 e. The largest absolute Gasteiger partial charge is 0.495 e. The maximum Gasteiger partial charge on any atom is 0.137 e. The lowest BCUT2D eigenvalue weighted by Gasteiger charge is -2.06. The molecule has 0 aromatic heterocycles. The van der Waals surface area contributed by atoms with Crippen LogP contribution in [0.2, 0.25) is 5.02 Å². The van der Waals surface area contributed by atoms with Crippen LogP contribution in [-0.2, 0) is 0 Å². The summed E-state index contributed by atoms with van der Waals surface area (Å²) in [5.41, 5.74) is 3.52. The van der Waals surface area contributed by atoms with Crippen LogP contribution >= 0.6 is 11.6 Å². The molecule has 1 nitrogen and oxygen atoms in total. The molecule has 2 aromatic rings. The number of methoxy groups -OCH3 is 1. The number of halogens is 1. The minimum Gasteiger partial charge on any atom is -0.495 e. The molecule has 0 fully saturated rings. The molecule has 0 aliphatic rings. The van der Waals surface area contributed by atoms with Crippen molar-refractivity contribution < 1.29 is 4.74 Å². The summed E-state index contributed by atoms with van der Waals surface area (Å²) in [7, 11) is 1.62. The zero-order chi connectivity index (χ0) is 11.5. The summed E-state index contributed by atoms with van der Waals surface area (Å²) >= 11 is 6.09. The average molecular weight is 233 g/mol. The van der Waals surface area contributed by atoms with Crippen molar-refractivity contribution in [3.05, 3.63) is 53.1 Å². The fourth-order valence-electron chi connectivity index (χ4n) is 1.67. The highest BCUT2D eigenvalue weighted by Gasteiger charge is 2.03. The summed E-state index contributed by atoms with van der Waals surface area (Å²) in [6.45, 7) is 2.08. The molecular formula is C14H13ClO. The van der Waals surface area contributed by atoms with Crippen molar-refractivity contribution in [1.82, 2.24) is 0 Å². The van der Waals surface area contributed by atoms with E-state index in [0.29, 0.717) is 10.8 Å². The summed E-state index contributed by atoms with van der Waals surface area (Å²) < 4.78 is 5.13.